The molecule has 3 heterocycles. The van der Waals surface area contributed by atoms with Gasteiger partial charge < -0.3 is 4.98 Å². The first-order valence-electron chi connectivity index (χ1n) is 9.28. The molecule has 5 rings (SSSR count). The van der Waals surface area contributed by atoms with E-state index in [0.717, 1.165) is 28.3 Å². The van der Waals surface area contributed by atoms with Gasteiger partial charge in [0.2, 0.25) is 0 Å². The van der Waals surface area contributed by atoms with Crippen LogP contribution in [0.5, 0.6) is 0 Å². The number of aromatic nitrogens is 4. The zero-order valence-corrected chi connectivity index (χ0v) is 14.3. The lowest BCUT2D eigenvalue weighted by Gasteiger charge is -2.21. The summed E-state index contributed by atoms with van der Waals surface area (Å²) in [4.78, 5) is 8.01. The van der Waals surface area contributed by atoms with E-state index >= 15 is 0 Å². The van der Waals surface area contributed by atoms with Gasteiger partial charge in [0, 0.05) is 17.1 Å². The summed E-state index contributed by atoms with van der Waals surface area (Å²) in [6, 6.07) is 12.9. The lowest BCUT2D eigenvalue weighted by molar-refractivity contribution is 0.357. The Morgan fingerprint density at radius 3 is 2.84 bits per heavy atom. The second kappa shape index (κ2) is 6.03. The van der Waals surface area contributed by atoms with Crippen molar-refractivity contribution in [2.45, 2.75) is 38.5 Å². The van der Waals surface area contributed by atoms with Crippen LogP contribution >= 0.6 is 0 Å². The van der Waals surface area contributed by atoms with Crippen LogP contribution in [0.15, 0.2) is 42.6 Å². The number of aromatic amines is 2. The molecule has 25 heavy (non-hydrogen) atoms. The third kappa shape index (κ3) is 2.72. The Balaban J connectivity index is 1.49. The van der Waals surface area contributed by atoms with Crippen LogP contribution in [-0.2, 0) is 6.42 Å². The molecule has 0 spiro atoms. The molecule has 4 heteroatoms. The molecule has 1 aliphatic carbocycles. The van der Waals surface area contributed by atoms with E-state index in [4.69, 9.17) is 0 Å². The highest BCUT2D eigenvalue weighted by molar-refractivity contribution is 5.93. The molecule has 1 saturated carbocycles. The van der Waals surface area contributed by atoms with Crippen molar-refractivity contribution in [2.75, 3.05) is 0 Å². The summed E-state index contributed by atoms with van der Waals surface area (Å²) in [7, 11) is 0. The normalized spacial score (nSPS) is 16.0. The molecule has 1 aliphatic rings. The van der Waals surface area contributed by atoms with E-state index in [-0.39, 0.29) is 0 Å². The zero-order chi connectivity index (χ0) is 16.6. The number of hydrogen-bond donors (Lipinski definition) is 2. The van der Waals surface area contributed by atoms with Crippen molar-refractivity contribution in [1.82, 2.24) is 20.2 Å². The number of pyridine rings is 1. The van der Waals surface area contributed by atoms with Crippen molar-refractivity contribution in [2.24, 2.45) is 5.92 Å². The van der Waals surface area contributed by atoms with E-state index in [1.54, 1.807) is 0 Å². The molecule has 0 amide bonds. The number of rotatable bonds is 3. The van der Waals surface area contributed by atoms with Crippen molar-refractivity contribution in [1.29, 1.82) is 0 Å². The topological polar surface area (TPSA) is 57.4 Å². The van der Waals surface area contributed by atoms with Gasteiger partial charge >= 0.3 is 0 Å². The van der Waals surface area contributed by atoms with E-state index in [1.807, 2.05) is 18.3 Å². The third-order valence-electron chi connectivity index (χ3n) is 5.51. The van der Waals surface area contributed by atoms with Crippen LogP contribution in [0.25, 0.3) is 33.3 Å². The Labute approximate surface area is 146 Å². The minimum atomic E-state index is 0.861. The first-order valence-corrected chi connectivity index (χ1v) is 9.28. The van der Waals surface area contributed by atoms with E-state index in [1.165, 1.54) is 55.0 Å². The number of nitrogens with one attached hydrogen (secondary N) is 2. The number of hydrogen-bond acceptors (Lipinski definition) is 2. The van der Waals surface area contributed by atoms with Crippen LogP contribution in [0.2, 0.25) is 0 Å². The number of H-pyrrole nitrogens is 2. The zero-order valence-electron chi connectivity index (χ0n) is 14.3. The van der Waals surface area contributed by atoms with Crippen LogP contribution in [0.3, 0.4) is 0 Å². The molecule has 1 fully saturated rings. The molecule has 0 bridgehead atoms. The quantitative estimate of drug-likeness (QED) is 0.540. The highest BCUT2D eigenvalue weighted by atomic mass is 15.1. The van der Waals surface area contributed by atoms with E-state index in [0.29, 0.717) is 0 Å². The Morgan fingerprint density at radius 2 is 1.92 bits per heavy atom. The van der Waals surface area contributed by atoms with Crippen LogP contribution < -0.4 is 0 Å². The van der Waals surface area contributed by atoms with Crippen molar-refractivity contribution >= 4 is 21.9 Å². The maximum atomic E-state index is 4.47. The van der Waals surface area contributed by atoms with Crippen molar-refractivity contribution in [3.8, 4) is 11.4 Å². The summed E-state index contributed by atoms with van der Waals surface area (Å²) in [5, 5.41) is 8.75. The van der Waals surface area contributed by atoms with E-state index < -0.39 is 0 Å². The van der Waals surface area contributed by atoms with Crippen molar-refractivity contribution in [3.05, 3.63) is 48.2 Å². The Bertz CT molecular complexity index is 1020. The molecule has 3 aromatic heterocycles. The largest absolute Gasteiger partial charge is 0.353 e. The van der Waals surface area contributed by atoms with Gasteiger partial charge in [0.15, 0.2) is 0 Å². The van der Waals surface area contributed by atoms with Crippen molar-refractivity contribution < 1.29 is 0 Å². The van der Waals surface area contributed by atoms with Crippen LogP contribution in [0.4, 0.5) is 0 Å². The Morgan fingerprint density at radius 1 is 1.00 bits per heavy atom. The maximum Gasteiger partial charge on any atom is 0.135 e. The fourth-order valence-electron chi connectivity index (χ4n) is 4.19. The monoisotopic (exact) mass is 330 g/mol. The maximum absolute atomic E-state index is 4.47. The van der Waals surface area contributed by atoms with E-state index in [9.17, 15) is 0 Å². The molecular formula is C21H22N4. The third-order valence-corrected chi connectivity index (χ3v) is 5.51. The highest BCUT2D eigenvalue weighted by Crippen LogP contribution is 2.30. The second-order valence-corrected chi connectivity index (χ2v) is 7.28. The molecule has 0 unspecified atom stereocenters. The fourth-order valence-corrected chi connectivity index (χ4v) is 4.19. The van der Waals surface area contributed by atoms with Gasteiger partial charge in [0.05, 0.1) is 11.2 Å². The molecular weight excluding hydrogens is 308 g/mol. The molecule has 4 aromatic rings. The molecule has 0 saturated heterocycles. The van der Waals surface area contributed by atoms with Gasteiger partial charge in [-0.2, -0.15) is 5.10 Å². The molecule has 0 radical (unpaired) electrons. The van der Waals surface area contributed by atoms with Gasteiger partial charge in [-0.25, -0.2) is 0 Å². The average molecular weight is 330 g/mol. The van der Waals surface area contributed by atoms with Gasteiger partial charge in [-0.05, 0) is 42.2 Å². The molecule has 4 nitrogen and oxygen atoms in total. The summed E-state index contributed by atoms with van der Waals surface area (Å²) in [6.07, 6.45) is 10.0. The van der Waals surface area contributed by atoms with Crippen LogP contribution in [-0.4, -0.2) is 20.2 Å². The van der Waals surface area contributed by atoms with Gasteiger partial charge in [-0.15, -0.1) is 0 Å². The molecule has 2 N–H and O–H groups in total. The van der Waals surface area contributed by atoms with Crippen molar-refractivity contribution in [3.63, 3.8) is 0 Å². The minimum Gasteiger partial charge on any atom is -0.353 e. The average Bonchev–Trinajstić information content (AvgIpc) is 3.26. The smallest absolute Gasteiger partial charge is 0.135 e. The summed E-state index contributed by atoms with van der Waals surface area (Å²) >= 11 is 0. The number of fused-ring (bicyclic) bond motifs is 2. The summed E-state index contributed by atoms with van der Waals surface area (Å²) in [5.74, 6) is 0.861. The Hall–Kier alpha value is -2.62. The van der Waals surface area contributed by atoms with Crippen LogP contribution in [0, 0.1) is 5.92 Å². The van der Waals surface area contributed by atoms with Gasteiger partial charge in [-0.3, -0.25) is 10.1 Å². The predicted molar refractivity (Wildman–Crippen MR) is 101 cm³/mol. The standard InChI is InChI=1S/C21H22N4/c1-2-5-14(6-3-1)11-15-8-9-16-13-19(23-18(16)12-15)21-20-17(24-25-21)7-4-10-22-20/h4,7-10,12-14,23H,1-3,5-6,11H2,(H,24,25). The molecule has 1 aromatic carbocycles. The lowest BCUT2D eigenvalue weighted by atomic mass is 9.85. The summed E-state index contributed by atoms with van der Waals surface area (Å²) in [5.41, 5.74) is 6.43. The second-order valence-electron chi connectivity index (χ2n) is 7.28. The predicted octanol–water partition coefficient (Wildman–Crippen LogP) is 5.23. The lowest BCUT2D eigenvalue weighted by Crippen LogP contribution is -2.09. The summed E-state index contributed by atoms with van der Waals surface area (Å²) in [6.45, 7) is 0. The van der Waals surface area contributed by atoms with E-state index in [2.05, 4.69) is 44.4 Å². The first kappa shape index (κ1) is 14.7. The first-order chi connectivity index (χ1) is 12.4. The molecule has 126 valence electrons. The SMILES string of the molecule is c1cnc2c(-c3cc4ccc(CC5CCCCC5)cc4[nH]3)n[nH]c2c1. The Kier molecular flexibility index (Phi) is 3.54. The summed E-state index contributed by atoms with van der Waals surface area (Å²) < 4.78 is 0. The number of nitrogens with zero attached hydrogens (tertiary/aromatic N) is 2. The number of benzene rings is 1. The van der Waals surface area contributed by atoms with Gasteiger partial charge in [0.25, 0.3) is 0 Å². The van der Waals surface area contributed by atoms with Crippen LogP contribution in [0.1, 0.15) is 37.7 Å². The van der Waals surface area contributed by atoms with Gasteiger partial charge in [-0.1, -0.05) is 44.2 Å². The van der Waals surface area contributed by atoms with Gasteiger partial charge in [0.1, 0.15) is 11.2 Å². The fraction of sp³-hybridized carbons (Fsp3) is 0.333. The highest BCUT2D eigenvalue weighted by Gasteiger charge is 2.15. The minimum absolute atomic E-state index is 0.861. The molecule has 0 atom stereocenters. The molecule has 0 aliphatic heterocycles.